The number of hydrogen-bond donors (Lipinski definition) is 2. The van der Waals surface area contributed by atoms with E-state index in [0.29, 0.717) is 24.5 Å². The van der Waals surface area contributed by atoms with Gasteiger partial charge < -0.3 is 15.4 Å². The average molecular weight is 339 g/mol. The zero-order valence-electron chi connectivity index (χ0n) is 13.9. The molecule has 23 heavy (non-hydrogen) atoms. The van der Waals surface area contributed by atoms with Crippen LogP contribution in [0.5, 0.6) is 5.75 Å². The van der Waals surface area contributed by atoms with Gasteiger partial charge in [0.2, 0.25) is 5.91 Å². The third kappa shape index (κ3) is 5.11. The molecule has 1 aromatic carbocycles. The third-order valence-electron chi connectivity index (χ3n) is 4.47. The Bertz CT molecular complexity index is 524. The fraction of sp³-hybridized carbons (Fsp3) is 0.611. The molecule has 2 bridgehead atoms. The number of ether oxygens (including phenoxy) is 1. The maximum atomic E-state index is 12.3. The molecular weight excluding hydrogens is 312 g/mol. The summed E-state index contributed by atoms with van der Waals surface area (Å²) in [7, 11) is 0. The lowest BCUT2D eigenvalue weighted by atomic mass is 9.99. The molecule has 3 rings (SSSR count). The van der Waals surface area contributed by atoms with Gasteiger partial charge in [-0.1, -0.05) is 12.1 Å². The summed E-state index contributed by atoms with van der Waals surface area (Å²) < 4.78 is 5.68. The van der Waals surface area contributed by atoms with Crippen molar-refractivity contribution in [3.63, 3.8) is 0 Å². The van der Waals surface area contributed by atoms with Crippen molar-refractivity contribution in [3.8, 4) is 5.75 Å². The number of carbonyl (C=O) groups is 1. The Morgan fingerprint density at radius 3 is 2.65 bits per heavy atom. The van der Waals surface area contributed by atoms with Crippen LogP contribution in [0.2, 0.25) is 0 Å². The van der Waals surface area contributed by atoms with E-state index in [0.717, 1.165) is 24.2 Å². The zero-order valence-corrected chi connectivity index (χ0v) is 14.7. The van der Waals surface area contributed by atoms with Crippen molar-refractivity contribution in [1.82, 2.24) is 10.6 Å². The van der Waals surface area contributed by atoms with Crippen LogP contribution in [0.15, 0.2) is 24.3 Å². The lowest BCUT2D eigenvalue weighted by molar-refractivity contribution is -0.121. The Morgan fingerprint density at radius 1 is 1.30 bits per heavy atom. The summed E-state index contributed by atoms with van der Waals surface area (Å²) in [6.07, 6.45) is 5.22. The van der Waals surface area contributed by atoms with Crippen LogP contribution in [0.1, 0.15) is 45.1 Å². The van der Waals surface area contributed by atoms with E-state index in [-0.39, 0.29) is 24.4 Å². The van der Waals surface area contributed by atoms with Crippen LogP contribution in [0, 0.1) is 0 Å². The monoisotopic (exact) mass is 338 g/mol. The Kier molecular flexibility index (Phi) is 6.31. The largest absolute Gasteiger partial charge is 0.491 e. The predicted molar refractivity (Wildman–Crippen MR) is 94.3 cm³/mol. The molecule has 2 fully saturated rings. The van der Waals surface area contributed by atoms with E-state index < -0.39 is 0 Å². The van der Waals surface area contributed by atoms with Gasteiger partial charge in [-0.2, -0.15) is 0 Å². The van der Waals surface area contributed by atoms with Gasteiger partial charge >= 0.3 is 0 Å². The standard InChI is InChI=1S/C18H26N2O2.ClH/c1-12(2)22-17-5-3-4-13(8-17)9-18(21)20-16-10-14-6-7-15(11-16)19-14;/h3-5,8,12,14-16,19H,6-7,9-11H2,1-2H3,(H,20,21);1H. The van der Waals surface area contributed by atoms with Gasteiger partial charge in [-0.15, -0.1) is 12.4 Å². The van der Waals surface area contributed by atoms with E-state index in [1.165, 1.54) is 12.8 Å². The molecule has 2 unspecified atom stereocenters. The SMILES string of the molecule is CC(C)Oc1cccc(CC(=O)NC2CC3CCC(C2)N3)c1.Cl. The number of rotatable bonds is 5. The first kappa shape index (κ1) is 18.1. The highest BCUT2D eigenvalue weighted by atomic mass is 35.5. The molecule has 0 aliphatic carbocycles. The predicted octanol–water partition coefficient (Wildman–Crippen LogP) is 2.84. The molecule has 1 amide bonds. The summed E-state index contributed by atoms with van der Waals surface area (Å²) in [6, 6.07) is 9.38. The summed E-state index contributed by atoms with van der Waals surface area (Å²) in [4.78, 5) is 12.3. The van der Waals surface area contributed by atoms with Crippen LogP contribution in [0.4, 0.5) is 0 Å². The highest BCUT2D eigenvalue weighted by Gasteiger charge is 2.33. The molecular formula is C18H27ClN2O2. The van der Waals surface area contributed by atoms with Gasteiger partial charge in [0.05, 0.1) is 12.5 Å². The first-order chi connectivity index (χ1) is 10.6. The fourth-order valence-corrected chi connectivity index (χ4v) is 3.64. The number of piperidine rings is 1. The van der Waals surface area contributed by atoms with Crippen LogP contribution < -0.4 is 15.4 Å². The summed E-state index contributed by atoms with van der Waals surface area (Å²) in [6.45, 7) is 4.01. The van der Waals surface area contributed by atoms with Crippen molar-refractivity contribution >= 4 is 18.3 Å². The molecule has 4 nitrogen and oxygen atoms in total. The molecule has 2 atom stereocenters. The topological polar surface area (TPSA) is 50.4 Å². The normalized spacial score (nSPS) is 25.8. The van der Waals surface area contributed by atoms with Crippen LogP contribution in [-0.4, -0.2) is 30.1 Å². The van der Waals surface area contributed by atoms with E-state index in [9.17, 15) is 4.79 Å². The lowest BCUT2D eigenvalue weighted by Crippen LogP contribution is -2.48. The van der Waals surface area contributed by atoms with Crippen LogP contribution in [-0.2, 0) is 11.2 Å². The number of fused-ring (bicyclic) bond motifs is 2. The molecule has 128 valence electrons. The molecule has 2 N–H and O–H groups in total. The molecule has 0 aromatic heterocycles. The number of hydrogen-bond acceptors (Lipinski definition) is 3. The second-order valence-corrected chi connectivity index (χ2v) is 6.86. The van der Waals surface area contributed by atoms with Crippen LogP contribution >= 0.6 is 12.4 Å². The van der Waals surface area contributed by atoms with E-state index in [4.69, 9.17) is 4.74 Å². The summed E-state index contributed by atoms with van der Waals surface area (Å²) in [5.41, 5.74) is 1.01. The minimum atomic E-state index is 0. The van der Waals surface area contributed by atoms with E-state index in [2.05, 4.69) is 10.6 Å². The van der Waals surface area contributed by atoms with Crippen molar-refractivity contribution in [2.24, 2.45) is 0 Å². The minimum absolute atomic E-state index is 0. The molecule has 0 spiro atoms. The second kappa shape index (κ2) is 8.02. The van der Waals surface area contributed by atoms with Gasteiger partial charge in [-0.3, -0.25) is 4.79 Å². The highest BCUT2D eigenvalue weighted by Crippen LogP contribution is 2.26. The molecule has 1 aromatic rings. The molecule has 2 aliphatic rings. The average Bonchev–Trinajstić information content (AvgIpc) is 2.77. The Labute approximate surface area is 144 Å². The zero-order chi connectivity index (χ0) is 15.5. The van der Waals surface area contributed by atoms with Crippen molar-refractivity contribution in [2.45, 2.75) is 70.2 Å². The minimum Gasteiger partial charge on any atom is -0.491 e. The van der Waals surface area contributed by atoms with Crippen LogP contribution in [0.3, 0.4) is 0 Å². The Hall–Kier alpha value is -1.26. The van der Waals surface area contributed by atoms with E-state index in [1.807, 2.05) is 38.1 Å². The second-order valence-electron chi connectivity index (χ2n) is 6.86. The molecule has 0 saturated carbocycles. The first-order valence-electron chi connectivity index (χ1n) is 8.39. The molecule has 2 saturated heterocycles. The van der Waals surface area contributed by atoms with E-state index >= 15 is 0 Å². The quantitative estimate of drug-likeness (QED) is 0.868. The first-order valence-corrected chi connectivity index (χ1v) is 8.39. The van der Waals surface area contributed by atoms with Gasteiger partial charge in [0.15, 0.2) is 0 Å². The molecule has 5 heteroatoms. The fourth-order valence-electron chi connectivity index (χ4n) is 3.64. The Morgan fingerprint density at radius 2 is 2.00 bits per heavy atom. The van der Waals surface area contributed by atoms with Gasteiger partial charge in [-0.25, -0.2) is 0 Å². The number of carbonyl (C=O) groups excluding carboxylic acids is 1. The highest BCUT2D eigenvalue weighted by molar-refractivity contribution is 5.85. The number of halogens is 1. The van der Waals surface area contributed by atoms with Crippen molar-refractivity contribution in [2.75, 3.05) is 0 Å². The molecule has 2 aliphatic heterocycles. The van der Waals surface area contributed by atoms with Crippen molar-refractivity contribution in [3.05, 3.63) is 29.8 Å². The smallest absolute Gasteiger partial charge is 0.224 e. The van der Waals surface area contributed by atoms with E-state index in [1.54, 1.807) is 0 Å². The third-order valence-corrected chi connectivity index (χ3v) is 4.47. The summed E-state index contributed by atoms with van der Waals surface area (Å²) in [5, 5.41) is 6.81. The molecule has 0 radical (unpaired) electrons. The van der Waals surface area contributed by atoms with Gasteiger partial charge in [0.25, 0.3) is 0 Å². The van der Waals surface area contributed by atoms with Gasteiger partial charge in [-0.05, 0) is 57.2 Å². The van der Waals surface area contributed by atoms with Gasteiger partial charge in [0.1, 0.15) is 5.75 Å². The Balaban J connectivity index is 0.00000192. The molecule has 2 heterocycles. The van der Waals surface area contributed by atoms with Crippen LogP contribution in [0.25, 0.3) is 0 Å². The number of benzene rings is 1. The van der Waals surface area contributed by atoms with Crippen molar-refractivity contribution < 1.29 is 9.53 Å². The van der Waals surface area contributed by atoms with Gasteiger partial charge in [0, 0.05) is 18.1 Å². The number of amides is 1. The van der Waals surface area contributed by atoms with Crippen molar-refractivity contribution in [1.29, 1.82) is 0 Å². The lowest BCUT2D eigenvalue weighted by Gasteiger charge is -2.29. The maximum absolute atomic E-state index is 12.3. The summed E-state index contributed by atoms with van der Waals surface area (Å²) >= 11 is 0. The number of nitrogens with one attached hydrogen (secondary N) is 2. The summed E-state index contributed by atoms with van der Waals surface area (Å²) in [5.74, 6) is 0.952. The maximum Gasteiger partial charge on any atom is 0.224 e.